The third-order valence-electron chi connectivity index (χ3n) is 5.32. The molecule has 7 nitrogen and oxygen atoms in total. The van der Waals surface area contributed by atoms with Crippen LogP contribution < -0.4 is 0 Å². The summed E-state index contributed by atoms with van der Waals surface area (Å²) in [5.74, 6) is 0.251. The molecule has 0 amide bonds. The Bertz CT molecular complexity index is 1160. The number of ether oxygens (including phenoxy) is 4. The minimum Gasteiger partial charge on any atom is -0.491 e. The fourth-order valence-electron chi connectivity index (χ4n) is 3.07. The van der Waals surface area contributed by atoms with Crippen LogP contribution in [-0.2, 0) is 23.7 Å². The van der Waals surface area contributed by atoms with Gasteiger partial charge in [0, 0.05) is 24.1 Å². The summed E-state index contributed by atoms with van der Waals surface area (Å²) in [4.78, 5) is 20.8. The van der Waals surface area contributed by atoms with Gasteiger partial charge in [-0.25, -0.2) is 4.79 Å². The summed E-state index contributed by atoms with van der Waals surface area (Å²) in [6, 6.07) is 15.5. The van der Waals surface area contributed by atoms with Crippen molar-refractivity contribution in [3.63, 3.8) is 0 Å². The molecule has 36 heavy (non-hydrogen) atoms. The Morgan fingerprint density at radius 2 is 1.56 bits per heavy atom. The lowest BCUT2D eigenvalue weighted by atomic mass is 10.1. The largest absolute Gasteiger partial charge is 0.491 e. The van der Waals surface area contributed by atoms with Crippen molar-refractivity contribution in [3.8, 4) is 0 Å². The number of hydrogen-bond acceptors (Lipinski definition) is 7. The molecule has 186 valence electrons. The fraction of sp³-hybridized carbons (Fsp3) is 0.276. The zero-order chi connectivity index (χ0) is 25.2. The molecular weight excluding hydrogens is 456 g/mol. The number of nitrogens with zero attached hydrogens (tertiary/aromatic N) is 2. The SMILES string of the molecule is C=C(OCC1CO1)c1ccc(C=Nc2ccc(N=C/C(C=CC(=O)OCC3CO3)=C/CC)cc2)cc1. The molecule has 2 heterocycles. The number of hydrogen-bond donors (Lipinski definition) is 0. The predicted octanol–water partition coefficient (Wildman–Crippen LogP) is 5.36. The number of epoxide rings is 2. The molecule has 2 aromatic rings. The average Bonchev–Trinajstić information content (AvgIpc) is 3.83. The van der Waals surface area contributed by atoms with Gasteiger partial charge in [-0.3, -0.25) is 9.98 Å². The first-order chi connectivity index (χ1) is 17.6. The van der Waals surface area contributed by atoms with Crippen LogP contribution in [0.3, 0.4) is 0 Å². The highest BCUT2D eigenvalue weighted by molar-refractivity contribution is 5.89. The third kappa shape index (κ3) is 8.76. The number of carbonyl (C=O) groups is 1. The minimum atomic E-state index is -0.389. The Labute approximate surface area is 211 Å². The summed E-state index contributed by atoms with van der Waals surface area (Å²) in [6.45, 7) is 8.26. The first-order valence-electron chi connectivity index (χ1n) is 12.0. The summed E-state index contributed by atoms with van der Waals surface area (Å²) in [5.41, 5.74) is 4.35. The Hall–Kier alpha value is -3.81. The first kappa shape index (κ1) is 25.3. The molecule has 2 aliphatic rings. The Morgan fingerprint density at radius 1 is 0.944 bits per heavy atom. The predicted molar refractivity (Wildman–Crippen MR) is 141 cm³/mol. The van der Waals surface area contributed by atoms with Crippen LogP contribution in [0.2, 0.25) is 0 Å². The minimum absolute atomic E-state index is 0.0560. The van der Waals surface area contributed by atoms with Crippen LogP contribution in [0.15, 0.2) is 88.9 Å². The highest BCUT2D eigenvalue weighted by Gasteiger charge is 2.24. The second-order valence-corrected chi connectivity index (χ2v) is 8.38. The van der Waals surface area contributed by atoms with Gasteiger partial charge in [0.15, 0.2) is 0 Å². The summed E-state index contributed by atoms with van der Waals surface area (Å²) >= 11 is 0. The molecule has 0 aliphatic carbocycles. The van der Waals surface area contributed by atoms with Crippen LogP contribution in [0.1, 0.15) is 24.5 Å². The number of aliphatic imine (C=N–C) groups is 2. The molecule has 7 heteroatoms. The fourth-order valence-corrected chi connectivity index (χ4v) is 3.07. The van der Waals surface area contributed by atoms with Crippen molar-refractivity contribution < 1.29 is 23.7 Å². The Morgan fingerprint density at radius 3 is 2.17 bits per heavy atom. The lowest BCUT2D eigenvalue weighted by molar-refractivity contribution is -0.138. The molecule has 2 saturated heterocycles. The molecule has 2 fully saturated rings. The highest BCUT2D eigenvalue weighted by Crippen LogP contribution is 2.20. The van der Waals surface area contributed by atoms with E-state index < -0.39 is 0 Å². The number of rotatable bonds is 13. The van der Waals surface area contributed by atoms with Gasteiger partial charge >= 0.3 is 5.97 Å². The maximum absolute atomic E-state index is 11.8. The van der Waals surface area contributed by atoms with E-state index in [0.717, 1.165) is 41.1 Å². The van der Waals surface area contributed by atoms with Crippen molar-refractivity contribution in [3.05, 3.63) is 90.0 Å². The molecule has 0 saturated carbocycles. The molecule has 2 unspecified atom stereocenters. The first-order valence-corrected chi connectivity index (χ1v) is 12.0. The maximum Gasteiger partial charge on any atom is 0.330 e. The highest BCUT2D eigenvalue weighted by atomic mass is 16.6. The van der Waals surface area contributed by atoms with E-state index in [9.17, 15) is 4.79 Å². The molecule has 0 N–H and O–H groups in total. The van der Waals surface area contributed by atoms with Gasteiger partial charge in [-0.05, 0) is 47.9 Å². The van der Waals surface area contributed by atoms with Gasteiger partial charge in [-0.1, -0.05) is 43.8 Å². The van der Waals surface area contributed by atoms with Gasteiger partial charge in [-0.15, -0.1) is 0 Å². The smallest absolute Gasteiger partial charge is 0.330 e. The number of benzene rings is 2. The van der Waals surface area contributed by atoms with Gasteiger partial charge in [0.1, 0.15) is 31.2 Å². The lowest BCUT2D eigenvalue weighted by Gasteiger charge is -2.07. The van der Waals surface area contributed by atoms with E-state index >= 15 is 0 Å². The molecule has 0 spiro atoms. The summed E-state index contributed by atoms with van der Waals surface area (Å²) in [5, 5.41) is 0. The topological polar surface area (TPSA) is 85.3 Å². The monoisotopic (exact) mass is 486 g/mol. The van der Waals surface area contributed by atoms with Crippen molar-refractivity contribution in [2.24, 2.45) is 9.98 Å². The summed E-state index contributed by atoms with van der Waals surface area (Å²) < 4.78 is 20.9. The van der Waals surface area contributed by atoms with E-state index in [0.29, 0.717) is 25.6 Å². The summed E-state index contributed by atoms with van der Waals surface area (Å²) in [7, 11) is 0. The number of esters is 1. The normalized spacial score (nSPS) is 19.2. The van der Waals surface area contributed by atoms with E-state index in [1.54, 1.807) is 12.3 Å². The van der Waals surface area contributed by atoms with Crippen molar-refractivity contribution in [2.75, 3.05) is 26.4 Å². The van der Waals surface area contributed by atoms with E-state index in [-0.39, 0.29) is 18.2 Å². The Kier molecular flexibility index (Phi) is 8.97. The van der Waals surface area contributed by atoms with Gasteiger partial charge in [0.25, 0.3) is 0 Å². The van der Waals surface area contributed by atoms with Crippen LogP contribution in [-0.4, -0.2) is 57.0 Å². The van der Waals surface area contributed by atoms with Crippen molar-refractivity contribution >= 4 is 35.5 Å². The molecule has 2 aliphatic heterocycles. The standard InChI is InChI=1S/C29H30N2O5/c1-3-4-22(7-14-29(32)36-20-28-19-35-28)15-30-25-10-12-26(13-11-25)31-16-23-5-8-24(9-6-23)21(2)33-17-27-18-34-27/h4-16,27-28H,2-3,17-20H2,1H3/b14-7?,22-4+,30-15?,31-16?. The van der Waals surface area contributed by atoms with Gasteiger partial charge in [0.05, 0.1) is 24.6 Å². The number of allylic oxidation sites excluding steroid dienone is 3. The zero-order valence-electron chi connectivity index (χ0n) is 20.3. The molecule has 0 aromatic heterocycles. The zero-order valence-corrected chi connectivity index (χ0v) is 20.3. The quantitative estimate of drug-likeness (QED) is 0.0950. The van der Waals surface area contributed by atoms with E-state index in [4.69, 9.17) is 18.9 Å². The second kappa shape index (κ2) is 12.8. The van der Waals surface area contributed by atoms with Crippen LogP contribution in [0.5, 0.6) is 0 Å². The summed E-state index contributed by atoms with van der Waals surface area (Å²) in [6.07, 6.45) is 9.73. The van der Waals surface area contributed by atoms with E-state index in [1.165, 1.54) is 6.08 Å². The molecule has 0 bridgehead atoms. The van der Waals surface area contributed by atoms with Crippen LogP contribution in [0.4, 0.5) is 11.4 Å². The maximum atomic E-state index is 11.8. The van der Waals surface area contributed by atoms with Gasteiger partial charge < -0.3 is 18.9 Å². The van der Waals surface area contributed by atoms with Crippen LogP contribution in [0.25, 0.3) is 5.76 Å². The van der Waals surface area contributed by atoms with Crippen LogP contribution in [0, 0.1) is 0 Å². The average molecular weight is 487 g/mol. The van der Waals surface area contributed by atoms with E-state index in [2.05, 4.69) is 16.6 Å². The second-order valence-electron chi connectivity index (χ2n) is 8.38. The molecule has 2 aromatic carbocycles. The van der Waals surface area contributed by atoms with Gasteiger partial charge in [-0.2, -0.15) is 0 Å². The number of carbonyl (C=O) groups excluding carboxylic acids is 1. The Balaban J connectivity index is 1.28. The third-order valence-corrected chi connectivity index (χ3v) is 5.32. The van der Waals surface area contributed by atoms with Crippen molar-refractivity contribution in [1.29, 1.82) is 0 Å². The molecule has 0 radical (unpaired) electrons. The molecule has 4 rings (SSSR count). The van der Waals surface area contributed by atoms with Gasteiger partial charge in [0.2, 0.25) is 0 Å². The van der Waals surface area contributed by atoms with E-state index in [1.807, 2.05) is 67.7 Å². The van der Waals surface area contributed by atoms with Crippen molar-refractivity contribution in [2.45, 2.75) is 25.6 Å². The van der Waals surface area contributed by atoms with Crippen LogP contribution >= 0.6 is 0 Å². The van der Waals surface area contributed by atoms with Crippen molar-refractivity contribution in [1.82, 2.24) is 0 Å². The molecule has 2 atom stereocenters. The lowest BCUT2D eigenvalue weighted by Crippen LogP contribution is -2.06. The molecular formula is C29H30N2O5.